The molecule has 1 heterocycles. The van der Waals surface area contributed by atoms with Crippen LogP contribution in [-0.4, -0.2) is 28.0 Å². The highest BCUT2D eigenvalue weighted by molar-refractivity contribution is 6.30. The second-order valence-electron chi connectivity index (χ2n) is 5.75. The predicted octanol–water partition coefficient (Wildman–Crippen LogP) is 3.98. The molecule has 3 rings (SSSR count). The maximum Gasteiger partial charge on any atom is 0.246 e. The molecule has 0 fully saturated rings. The Kier molecular flexibility index (Phi) is 5.46. The lowest BCUT2D eigenvalue weighted by atomic mass is 10.1. The fraction of sp³-hybridized carbons (Fsp3) is 0.211. The van der Waals surface area contributed by atoms with Gasteiger partial charge in [0.25, 0.3) is 0 Å². The van der Waals surface area contributed by atoms with E-state index in [9.17, 15) is 4.79 Å². The summed E-state index contributed by atoms with van der Waals surface area (Å²) in [7, 11) is 1.74. The minimum Gasteiger partial charge on any atom is -0.337 e. The molecule has 0 unspecified atom stereocenters. The summed E-state index contributed by atoms with van der Waals surface area (Å²) in [5.41, 5.74) is 1.96. The molecule has 3 aromatic rings. The lowest BCUT2D eigenvalue weighted by molar-refractivity contribution is -0.130. The molecule has 0 spiro atoms. The molecule has 0 radical (unpaired) electrons. The lowest BCUT2D eigenvalue weighted by Gasteiger charge is -2.14. The van der Waals surface area contributed by atoms with Crippen LogP contribution < -0.4 is 0 Å². The minimum atomic E-state index is 0.0371. The molecule has 5 nitrogen and oxygen atoms in total. The van der Waals surface area contributed by atoms with Crippen molar-refractivity contribution in [3.05, 3.63) is 71.1 Å². The van der Waals surface area contributed by atoms with E-state index in [1.54, 1.807) is 24.1 Å². The molecule has 0 atom stereocenters. The van der Waals surface area contributed by atoms with Gasteiger partial charge in [-0.3, -0.25) is 4.79 Å². The van der Waals surface area contributed by atoms with E-state index in [0.717, 1.165) is 11.1 Å². The van der Waals surface area contributed by atoms with Crippen molar-refractivity contribution in [2.75, 3.05) is 7.05 Å². The van der Waals surface area contributed by atoms with Crippen LogP contribution in [0.4, 0.5) is 0 Å². The Balaban J connectivity index is 1.56. The monoisotopic (exact) mass is 355 g/mol. The number of amides is 1. The number of aryl methyl sites for hydroxylation is 1. The van der Waals surface area contributed by atoms with Gasteiger partial charge in [0, 0.05) is 24.1 Å². The van der Waals surface area contributed by atoms with E-state index >= 15 is 0 Å². The van der Waals surface area contributed by atoms with Gasteiger partial charge in [0.05, 0.1) is 6.54 Å². The molecule has 25 heavy (non-hydrogen) atoms. The summed E-state index contributed by atoms with van der Waals surface area (Å²) >= 11 is 5.87. The van der Waals surface area contributed by atoms with E-state index in [2.05, 4.69) is 10.1 Å². The molecule has 128 valence electrons. The molecule has 0 aliphatic rings. The topological polar surface area (TPSA) is 59.2 Å². The molecule has 6 heteroatoms. The summed E-state index contributed by atoms with van der Waals surface area (Å²) in [6.45, 7) is 0.286. The van der Waals surface area contributed by atoms with Gasteiger partial charge in [0.2, 0.25) is 17.6 Å². The molecule has 0 N–H and O–H groups in total. The Bertz CT molecular complexity index is 831. The molecule has 0 aliphatic carbocycles. The van der Waals surface area contributed by atoms with E-state index in [1.165, 1.54) is 0 Å². The highest BCUT2D eigenvalue weighted by atomic mass is 35.5. The molecular formula is C19H18ClN3O2. The first kappa shape index (κ1) is 17.2. The first-order chi connectivity index (χ1) is 12.1. The van der Waals surface area contributed by atoms with Crippen LogP contribution in [0.3, 0.4) is 0 Å². The van der Waals surface area contributed by atoms with Crippen LogP contribution in [0.25, 0.3) is 11.4 Å². The Hall–Kier alpha value is -2.66. The predicted molar refractivity (Wildman–Crippen MR) is 96.0 cm³/mol. The second kappa shape index (κ2) is 7.94. The Labute approximate surface area is 151 Å². The molecular weight excluding hydrogens is 338 g/mol. The highest BCUT2D eigenvalue weighted by Crippen LogP contribution is 2.19. The fourth-order valence-electron chi connectivity index (χ4n) is 2.41. The number of carbonyl (C=O) groups is 1. The van der Waals surface area contributed by atoms with Crippen molar-refractivity contribution in [2.24, 2.45) is 0 Å². The van der Waals surface area contributed by atoms with E-state index < -0.39 is 0 Å². The molecule has 0 aliphatic heterocycles. The number of aromatic nitrogens is 2. The number of halogens is 1. The van der Waals surface area contributed by atoms with Gasteiger partial charge in [0.1, 0.15) is 0 Å². The molecule has 0 bridgehead atoms. The highest BCUT2D eigenvalue weighted by Gasteiger charge is 2.14. The van der Waals surface area contributed by atoms with Crippen molar-refractivity contribution in [1.82, 2.24) is 15.0 Å². The smallest absolute Gasteiger partial charge is 0.246 e. The van der Waals surface area contributed by atoms with Crippen molar-refractivity contribution in [2.45, 2.75) is 19.4 Å². The van der Waals surface area contributed by atoms with Gasteiger partial charge in [-0.15, -0.1) is 0 Å². The lowest BCUT2D eigenvalue weighted by Crippen LogP contribution is -2.26. The standard InChI is InChI=1S/C19H18ClN3O2/c1-23(18(24)12-7-14-5-3-2-4-6-14)13-17-21-19(22-25-17)15-8-10-16(20)11-9-15/h2-6,8-11H,7,12-13H2,1H3. The van der Waals surface area contributed by atoms with Crippen molar-refractivity contribution < 1.29 is 9.32 Å². The third-order valence-electron chi connectivity index (χ3n) is 3.84. The van der Waals surface area contributed by atoms with E-state index in [4.69, 9.17) is 16.1 Å². The average Bonchev–Trinajstić information content (AvgIpc) is 3.09. The van der Waals surface area contributed by atoms with Crippen molar-refractivity contribution in [3.8, 4) is 11.4 Å². The van der Waals surface area contributed by atoms with Crippen LogP contribution in [0.2, 0.25) is 5.02 Å². The molecule has 1 aromatic heterocycles. The van der Waals surface area contributed by atoms with Crippen LogP contribution in [0, 0.1) is 0 Å². The van der Waals surface area contributed by atoms with Crippen LogP contribution in [0.15, 0.2) is 59.1 Å². The largest absolute Gasteiger partial charge is 0.337 e. The minimum absolute atomic E-state index is 0.0371. The van der Waals surface area contributed by atoms with Crippen LogP contribution in [-0.2, 0) is 17.8 Å². The summed E-state index contributed by atoms with van der Waals surface area (Å²) in [5.74, 6) is 0.924. The second-order valence-corrected chi connectivity index (χ2v) is 6.19. The SMILES string of the molecule is CN(Cc1nc(-c2ccc(Cl)cc2)no1)C(=O)CCc1ccccc1. The Morgan fingerprint density at radius 3 is 2.56 bits per heavy atom. The van der Waals surface area contributed by atoms with E-state index in [-0.39, 0.29) is 12.5 Å². The number of rotatable bonds is 6. The van der Waals surface area contributed by atoms with Gasteiger partial charge in [-0.1, -0.05) is 47.1 Å². The quantitative estimate of drug-likeness (QED) is 0.671. The van der Waals surface area contributed by atoms with Crippen molar-refractivity contribution in [3.63, 3.8) is 0 Å². The van der Waals surface area contributed by atoms with Gasteiger partial charge in [-0.05, 0) is 36.2 Å². The summed E-state index contributed by atoms with van der Waals surface area (Å²) in [6.07, 6.45) is 1.16. The molecule has 0 saturated heterocycles. The summed E-state index contributed by atoms with van der Waals surface area (Å²) in [5, 5.41) is 4.60. The van der Waals surface area contributed by atoms with Gasteiger partial charge in [-0.25, -0.2) is 0 Å². The van der Waals surface area contributed by atoms with Gasteiger partial charge in [0.15, 0.2) is 0 Å². The van der Waals surface area contributed by atoms with Crippen LogP contribution in [0.1, 0.15) is 17.9 Å². The Morgan fingerprint density at radius 1 is 1.12 bits per heavy atom. The molecule has 1 amide bonds. The fourth-order valence-corrected chi connectivity index (χ4v) is 2.54. The third-order valence-corrected chi connectivity index (χ3v) is 4.09. The summed E-state index contributed by atoms with van der Waals surface area (Å²) in [6, 6.07) is 17.1. The molecule has 0 saturated carbocycles. The van der Waals surface area contributed by atoms with E-state index in [0.29, 0.717) is 29.6 Å². The maximum absolute atomic E-state index is 12.3. The first-order valence-electron chi connectivity index (χ1n) is 7.98. The van der Waals surface area contributed by atoms with Gasteiger partial charge < -0.3 is 9.42 Å². The van der Waals surface area contributed by atoms with Gasteiger partial charge >= 0.3 is 0 Å². The number of hydrogen-bond acceptors (Lipinski definition) is 4. The third kappa shape index (κ3) is 4.67. The number of benzene rings is 2. The molecule has 2 aromatic carbocycles. The van der Waals surface area contributed by atoms with E-state index in [1.807, 2.05) is 42.5 Å². The first-order valence-corrected chi connectivity index (χ1v) is 8.36. The van der Waals surface area contributed by atoms with Crippen molar-refractivity contribution >= 4 is 17.5 Å². The normalized spacial score (nSPS) is 10.6. The summed E-state index contributed by atoms with van der Waals surface area (Å²) in [4.78, 5) is 18.2. The van der Waals surface area contributed by atoms with Crippen molar-refractivity contribution in [1.29, 1.82) is 0 Å². The zero-order chi connectivity index (χ0) is 17.6. The summed E-state index contributed by atoms with van der Waals surface area (Å²) < 4.78 is 5.24. The van der Waals surface area contributed by atoms with Crippen LogP contribution in [0.5, 0.6) is 0 Å². The van der Waals surface area contributed by atoms with Gasteiger partial charge in [-0.2, -0.15) is 4.98 Å². The number of carbonyl (C=O) groups excluding carboxylic acids is 1. The average molecular weight is 356 g/mol. The zero-order valence-electron chi connectivity index (χ0n) is 13.9. The maximum atomic E-state index is 12.3. The van der Waals surface area contributed by atoms with Crippen LogP contribution >= 0.6 is 11.6 Å². The zero-order valence-corrected chi connectivity index (χ0v) is 14.6. The Morgan fingerprint density at radius 2 is 1.84 bits per heavy atom. The number of nitrogens with zero attached hydrogens (tertiary/aromatic N) is 3. The number of hydrogen-bond donors (Lipinski definition) is 0.